The zero-order chi connectivity index (χ0) is 26.8. The number of carbonyl (C=O) groups excluding carboxylic acids is 2. The second-order valence-electron chi connectivity index (χ2n) is 9.11. The molecule has 0 aromatic heterocycles. The van der Waals surface area contributed by atoms with E-state index in [1.807, 2.05) is 62.4 Å². The molecule has 2 N–H and O–H groups in total. The SMILES string of the molecule is CCN(C(=O)c1ccc2cc(O)ccc2c1)c1ccc(N(CC)C(=O)c2ccc3cc(O)ccc3c2)cc1. The second kappa shape index (κ2) is 10.3. The van der Waals surface area contributed by atoms with Crippen LogP contribution in [0.15, 0.2) is 97.1 Å². The van der Waals surface area contributed by atoms with E-state index in [0.29, 0.717) is 24.2 Å². The molecule has 0 saturated carbocycles. The monoisotopic (exact) mass is 504 g/mol. The molecule has 190 valence electrons. The molecule has 0 aliphatic heterocycles. The van der Waals surface area contributed by atoms with Crippen molar-refractivity contribution in [3.05, 3.63) is 108 Å². The van der Waals surface area contributed by atoms with Crippen molar-refractivity contribution in [2.45, 2.75) is 13.8 Å². The van der Waals surface area contributed by atoms with Crippen molar-refractivity contribution in [2.24, 2.45) is 0 Å². The van der Waals surface area contributed by atoms with Gasteiger partial charge in [0.05, 0.1) is 0 Å². The number of hydrogen-bond donors (Lipinski definition) is 2. The van der Waals surface area contributed by atoms with E-state index >= 15 is 0 Å². The van der Waals surface area contributed by atoms with Crippen LogP contribution in [0.1, 0.15) is 34.6 Å². The van der Waals surface area contributed by atoms with E-state index in [4.69, 9.17) is 0 Å². The van der Waals surface area contributed by atoms with Crippen molar-refractivity contribution in [1.29, 1.82) is 0 Å². The van der Waals surface area contributed by atoms with Crippen LogP contribution in [0.5, 0.6) is 11.5 Å². The summed E-state index contributed by atoms with van der Waals surface area (Å²) in [5, 5.41) is 22.9. The maximum atomic E-state index is 13.4. The summed E-state index contributed by atoms with van der Waals surface area (Å²) in [5.74, 6) is 0.126. The number of phenolic OH excluding ortho intramolecular Hbond substituents is 2. The van der Waals surface area contributed by atoms with Crippen molar-refractivity contribution in [1.82, 2.24) is 0 Å². The van der Waals surface area contributed by atoms with E-state index in [9.17, 15) is 19.8 Å². The molecule has 0 unspecified atom stereocenters. The van der Waals surface area contributed by atoms with E-state index < -0.39 is 0 Å². The van der Waals surface area contributed by atoms with Gasteiger partial charge in [0, 0.05) is 35.6 Å². The highest BCUT2D eigenvalue weighted by Gasteiger charge is 2.20. The van der Waals surface area contributed by atoms with Crippen molar-refractivity contribution in [3.63, 3.8) is 0 Å². The predicted octanol–water partition coefficient (Wildman–Crippen LogP) is 6.74. The van der Waals surface area contributed by atoms with Gasteiger partial charge in [-0.1, -0.05) is 24.3 Å². The molecule has 0 heterocycles. The maximum Gasteiger partial charge on any atom is 0.258 e. The number of anilines is 2. The second-order valence-corrected chi connectivity index (χ2v) is 9.11. The quantitative estimate of drug-likeness (QED) is 0.268. The summed E-state index contributed by atoms with van der Waals surface area (Å²) in [7, 11) is 0. The molecule has 0 fully saturated rings. The third-order valence-corrected chi connectivity index (χ3v) is 6.74. The van der Waals surface area contributed by atoms with Crippen LogP contribution in [-0.4, -0.2) is 35.1 Å². The van der Waals surface area contributed by atoms with Gasteiger partial charge in [-0.15, -0.1) is 0 Å². The number of benzene rings is 5. The van der Waals surface area contributed by atoms with Gasteiger partial charge in [-0.05, 0) is 108 Å². The molecular formula is C32H28N2O4. The summed E-state index contributed by atoms with van der Waals surface area (Å²) in [4.78, 5) is 30.2. The van der Waals surface area contributed by atoms with Gasteiger partial charge in [0.1, 0.15) is 11.5 Å². The molecule has 2 amide bonds. The zero-order valence-corrected chi connectivity index (χ0v) is 21.3. The fraction of sp³-hybridized carbons (Fsp3) is 0.125. The number of amides is 2. The number of nitrogens with zero attached hydrogens (tertiary/aromatic N) is 2. The Kier molecular flexibility index (Phi) is 6.71. The predicted molar refractivity (Wildman–Crippen MR) is 152 cm³/mol. The van der Waals surface area contributed by atoms with Gasteiger partial charge in [-0.25, -0.2) is 0 Å². The Morgan fingerprint density at radius 1 is 0.526 bits per heavy atom. The number of rotatable bonds is 6. The molecule has 0 aliphatic carbocycles. The Balaban J connectivity index is 1.38. The number of carbonyl (C=O) groups is 2. The minimum absolute atomic E-state index is 0.124. The summed E-state index contributed by atoms with van der Waals surface area (Å²) in [6.07, 6.45) is 0. The van der Waals surface area contributed by atoms with Gasteiger partial charge >= 0.3 is 0 Å². The average Bonchev–Trinajstić information content (AvgIpc) is 2.93. The molecule has 5 aromatic carbocycles. The summed E-state index contributed by atoms with van der Waals surface area (Å²) < 4.78 is 0. The molecule has 0 atom stereocenters. The first-order valence-electron chi connectivity index (χ1n) is 12.6. The standard InChI is InChI=1S/C32H28N2O4/c1-3-33(31(37)25-7-5-23-19-29(35)15-9-21(23)17-25)27-11-13-28(14-12-27)34(4-2)32(38)26-8-6-24-20-30(36)16-10-22(24)18-26/h5-20,35-36H,3-4H2,1-2H3. The summed E-state index contributed by atoms with van der Waals surface area (Å²) in [6, 6.07) is 28.4. The summed E-state index contributed by atoms with van der Waals surface area (Å²) >= 11 is 0. The van der Waals surface area contributed by atoms with E-state index in [0.717, 1.165) is 32.9 Å². The maximum absolute atomic E-state index is 13.4. The van der Waals surface area contributed by atoms with Gasteiger partial charge in [-0.3, -0.25) is 9.59 Å². The Labute approximate surface area is 221 Å². The third-order valence-electron chi connectivity index (χ3n) is 6.74. The summed E-state index contributed by atoms with van der Waals surface area (Å²) in [5.41, 5.74) is 2.59. The van der Waals surface area contributed by atoms with Gasteiger partial charge in [0.25, 0.3) is 11.8 Å². The zero-order valence-electron chi connectivity index (χ0n) is 21.3. The molecule has 6 heteroatoms. The third kappa shape index (κ3) is 4.76. The number of phenols is 2. The lowest BCUT2D eigenvalue weighted by molar-refractivity contribution is 0.0980. The molecule has 0 spiro atoms. The fourth-order valence-corrected chi connectivity index (χ4v) is 4.74. The van der Waals surface area contributed by atoms with Crippen LogP contribution < -0.4 is 9.80 Å². The van der Waals surface area contributed by atoms with Crippen molar-refractivity contribution in [3.8, 4) is 11.5 Å². The average molecular weight is 505 g/mol. The molecule has 0 radical (unpaired) electrons. The number of hydrogen-bond acceptors (Lipinski definition) is 4. The van der Waals surface area contributed by atoms with Crippen LogP contribution in [0, 0.1) is 0 Å². The van der Waals surface area contributed by atoms with Crippen LogP contribution in [-0.2, 0) is 0 Å². The van der Waals surface area contributed by atoms with E-state index in [2.05, 4.69) is 0 Å². The van der Waals surface area contributed by atoms with Gasteiger partial charge < -0.3 is 20.0 Å². The van der Waals surface area contributed by atoms with Gasteiger partial charge in [0.2, 0.25) is 0 Å². The fourth-order valence-electron chi connectivity index (χ4n) is 4.74. The van der Waals surface area contributed by atoms with Crippen molar-refractivity contribution >= 4 is 44.7 Å². The Morgan fingerprint density at radius 3 is 1.24 bits per heavy atom. The number of fused-ring (bicyclic) bond motifs is 2. The first-order valence-corrected chi connectivity index (χ1v) is 12.6. The van der Waals surface area contributed by atoms with E-state index in [1.165, 1.54) is 0 Å². The van der Waals surface area contributed by atoms with Crippen LogP contribution in [0.4, 0.5) is 11.4 Å². The Hall–Kier alpha value is -4.84. The van der Waals surface area contributed by atoms with Crippen LogP contribution in [0.2, 0.25) is 0 Å². The molecular weight excluding hydrogens is 476 g/mol. The lowest BCUT2D eigenvalue weighted by Gasteiger charge is -2.24. The van der Waals surface area contributed by atoms with Crippen LogP contribution in [0.3, 0.4) is 0 Å². The minimum Gasteiger partial charge on any atom is -0.508 e. The highest BCUT2D eigenvalue weighted by atomic mass is 16.3. The molecule has 0 aliphatic rings. The topological polar surface area (TPSA) is 81.1 Å². The van der Waals surface area contributed by atoms with Crippen LogP contribution >= 0.6 is 0 Å². The number of aromatic hydroxyl groups is 2. The lowest BCUT2D eigenvalue weighted by atomic mass is 10.1. The molecule has 5 rings (SSSR count). The highest BCUT2D eigenvalue weighted by Crippen LogP contribution is 2.27. The Morgan fingerprint density at radius 2 is 0.868 bits per heavy atom. The first-order chi connectivity index (χ1) is 18.4. The van der Waals surface area contributed by atoms with Gasteiger partial charge in [-0.2, -0.15) is 0 Å². The molecule has 5 aromatic rings. The first kappa shape index (κ1) is 24.8. The van der Waals surface area contributed by atoms with Crippen molar-refractivity contribution < 1.29 is 19.8 Å². The molecule has 6 nitrogen and oxygen atoms in total. The van der Waals surface area contributed by atoms with Gasteiger partial charge in [0.15, 0.2) is 0 Å². The largest absolute Gasteiger partial charge is 0.508 e. The van der Waals surface area contributed by atoms with E-state index in [1.54, 1.807) is 58.3 Å². The Bertz CT molecular complexity index is 1540. The summed E-state index contributed by atoms with van der Waals surface area (Å²) in [6.45, 7) is 4.81. The highest BCUT2D eigenvalue weighted by molar-refractivity contribution is 6.09. The van der Waals surface area contributed by atoms with Crippen molar-refractivity contribution in [2.75, 3.05) is 22.9 Å². The lowest BCUT2D eigenvalue weighted by Crippen LogP contribution is -2.32. The molecule has 0 bridgehead atoms. The normalized spacial score (nSPS) is 11.0. The van der Waals surface area contributed by atoms with Crippen LogP contribution in [0.25, 0.3) is 21.5 Å². The molecule has 0 saturated heterocycles. The minimum atomic E-state index is -0.124. The molecule has 38 heavy (non-hydrogen) atoms. The smallest absolute Gasteiger partial charge is 0.258 e. The van der Waals surface area contributed by atoms with E-state index in [-0.39, 0.29) is 23.3 Å².